The number of aromatic nitrogens is 3. The molecule has 1 aromatic heterocycles. The van der Waals surface area contributed by atoms with Crippen LogP contribution >= 0.6 is 0 Å². The fourth-order valence-electron chi connectivity index (χ4n) is 1.38. The fraction of sp³-hybridized carbons (Fsp3) is 0.750. The summed E-state index contributed by atoms with van der Waals surface area (Å²) in [5, 5.41) is 14.0. The predicted molar refractivity (Wildman–Crippen MR) is 70.0 cm³/mol. The Morgan fingerprint density at radius 1 is 1.50 bits per heavy atom. The Bertz CT molecular complexity index is 393. The van der Waals surface area contributed by atoms with Crippen molar-refractivity contribution in [3.05, 3.63) is 11.9 Å². The van der Waals surface area contributed by atoms with Crippen molar-refractivity contribution in [2.24, 2.45) is 0 Å². The lowest BCUT2D eigenvalue weighted by Gasteiger charge is -2.17. The third-order valence-electron chi connectivity index (χ3n) is 2.56. The first-order valence-electron chi connectivity index (χ1n) is 6.27. The molecule has 1 heterocycles. The highest BCUT2D eigenvalue weighted by molar-refractivity contribution is 5.81. The molecular weight excluding hydrogens is 230 g/mol. The van der Waals surface area contributed by atoms with Crippen molar-refractivity contribution < 1.29 is 4.79 Å². The zero-order valence-electron chi connectivity index (χ0n) is 11.8. The van der Waals surface area contributed by atoms with E-state index in [9.17, 15) is 4.79 Å². The van der Waals surface area contributed by atoms with Crippen LogP contribution < -0.4 is 10.6 Å². The standard InChI is InChI=1S/C12H23N5O/c1-6-13-11(18)9(2)14-7-10-8-17(16-15-10)12(3,4)5/h8-9,14H,6-7H2,1-5H3,(H,13,18). The van der Waals surface area contributed by atoms with Gasteiger partial charge in [-0.1, -0.05) is 5.21 Å². The third-order valence-corrected chi connectivity index (χ3v) is 2.56. The molecule has 18 heavy (non-hydrogen) atoms. The van der Waals surface area contributed by atoms with Gasteiger partial charge < -0.3 is 10.6 Å². The lowest BCUT2D eigenvalue weighted by Crippen LogP contribution is -2.41. The number of nitrogens with zero attached hydrogens (tertiary/aromatic N) is 3. The van der Waals surface area contributed by atoms with Crippen LogP contribution in [0.15, 0.2) is 6.20 Å². The Labute approximate surface area is 108 Å². The zero-order chi connectivity index (χ0) is 13.8. The molecule has 0 aliphatic rings. The molecule has 1 aromatic rings. The van der Waals surface area contributed by atoms with E-state index in [0.29, 0.717) is 13.1 Å². The summed E-state index contributed by atoms with van der Waals surface area (Å²) in [7, 11) is 0. The van der Waals surface area contributed by atoms with Crippen LogP contribution in [0.3, 0.4) is 0 Å². The highest BCUT2D eigenvalue weighted by atomic mass is 16.2. The topological polar surface area (TPSA) is 71.8 Å². The Morgan fingerprint density at radius 3 is 2.67 bits per heavy atom. The lowest BCUT2D eigenvalue weighted by molar-refractivity contribution is -0.122. The van der Waals surface area contributed by atoms with Gasteiger partial charge in [0.1, 0.15) is 0 Å². The summed E-state index contributed by atoms with van der Waals surface area (Å²) < 4.78 is 1.82. The van der Waals surface area contributed by atoms with Gasteiger partial charge in [-0.3, -0.25) is 4.79 Å². The predicted octanol–water partition coefficient (Wildman–Crippen LogP) is 0.647. The third kappa shape index (κ3) is 4.10. The average molecular weight is 253 g/mol. The molecule has 6 heteroatoms. The van der Waals surface area contributed by atoms with E-state index in [-0.39, 0.29) is 17.5 Å². The van der Waals surface area contributed by atoms with Gasteiger partial charge >= 0.3 is 0 Å². The van der Waals surface area contributed by atoms with E-state index < -0.39 is 0 Å². The molecule has 0 saturated heterocycles. The first kappa shape index (κ1) is 14.6. The zero-order valence-corrected chi connectivity index (χ0v) is 11.8. The average Bonchev–Trinajstić information content (AvgIpc) is 2.74. The van der Waals surface area contributed by atoms with E-state index in [1.807, 2.05) is 24.7 Å². The van der Waals surface area contributed by atoms with Crippen molar-refractivity contribution in [3.8, 4) is 0 Å². The summed E-state index contributed by atoms with van der Waals surface area (Å²) in [5.74, 6) is 0.000660. The summed E-state index contributed by atoms with van der Waals surface area (Å²) in [4.78, 5) is 11.5. The van der Waals surface area contributed by atoms with Crippen molar-refractivity contribution in [3.63, 3.8) is 0 Å². The van der Waals surface area contributed by atoms with Crippen LogP contribution in [0.2, 0.25) is 0 Å². The number of rotatable bonds is 5. The van der Waals surface area contributed by atoms with Gasteiger partial charge in [0.25, 0.3) is 0 Å². The van der Waals surface area contributed by atoms with E-state index in [0.717, 1.165) is 5.69 Å². The van der Waals surface area contributed by atoms with E-state index in [1.165, 1.54) is 0 Å². The number of hydrogen-bond donors (Lipinski definition) is 2. The molecular formula is C12H23N5O. The second-order valence-electron chi connectivity index (χ2n) is 5.32. The Kier molecular flexibility index (Phi) is 4.84. The number of nitrogens with one attached hydrogen (secondary N) is 2. The van der Waals surface area contributed by atoms with Gasteiger partial charge in [-0.05, 0) is 34.6 Å². The lowest BCUT2D eigenvalue weighted by atomic mass is 10.1. The SMILES string of the molecule is CCNC(=O)C(C)NCc1cn(C(C)(C)C)nn1. The molecule has 6 nitrogen and oxygen atoms in total. The molecule has 0 aromatic carbocycles. The van der Waals surface area contributed by atoms with Crippen molar-refractivity contribution in [2.75, 3.05) is 6.54 Å². The highest BCUT2D eigenvalue weighted by Gasteiger charge is 2.16. The van der Waals surface area contributed by atoms with Crippen LogP contribution in [0.25, 0.3) is 0 Å². The quantitative estimate of drug-likeness (QED) is 0.808. The molecule has 0 saturated carbocycles. The summed E-state index contributed by atoms with van der Waals surface area (Å²) in [6.07, 6.45) is 1.90. The number of amides is 1. The molecule has 0 aliphatic heterocycles. The van der Waals surface area contributed by atoms with E-state index in [2.05, 4.69) is 41.7 Å². The molecule has 1 amide bonds. The van der Waals surface area contributed by atoms with Gasteiger partial charge in [-0.25, -0.2) is 4.68 Å². The summed E-state index contributed by atoms with van der Waals surface area (Å²) in [5.41, 5.74) is 0.761. The summed E-state index contributed by atoms with van der Waals surface area (Å²) in [6, 6.07) is -0.232. The number of carbonyl (C=O) groups is 1. The van der Waals surface area contributed by atoms with Gasteiger partial charge in [0.2, 0.25) is 5.91 Å². The van der Waals surface area contributed by atoms with Crippen LogP contribution in [-0.2, 0) is 16.9 Å². The van der Waals surface area contributed by atoms with Crippen LogP contribution in [0, 0.1) is 0 Å². The van der Waals surface area contributed by atoms with E-state index in [1.54, 1.807) is 0 Å². The van der Waals surface area contributed by atoms with E-state index in [4.69, 9.17) is 0 Å². The smallest absolute Gasteiger partial charge is 0.236 e. The number of likely N-dealkylation sites (N-methyl/N-ethyl adjacent to an activating group) is 1. The van der Waals surface area contributed by atoms with Gasteiger partial charge in [0, 0.05) is 13.1 Å². The van der Waals surface area contributed by atoms with Crippen molar-refractivity contribution in [1.29, 1.82) is 0 Å². The molecule has 0 radical (unpaired) electrons. The molecule has 0 spiro atoms. The molecule has 102 valence electrons. The maximum atomic E-state index is 11.5. The highest BCUT2D eigenvalue weighted by Crippen LogP contribution is 2.11. The monoisotopic (exact) mass is 253 g/mol. The van der Waals surface area contributed by atoms with Crippen molar-refractivity contribution in [1.82, 2.24) is 25.6 Å². The maximum Gasteiger partial charge on any atom is 0.236 e. The van der Waals surface area contributed by atoms with Crippen molar-refractivity contribution in [2.45, 2.75) is 52.7 Å². The maximum absolute atomic E-state index is 11.5. The van der Waals surface area contributed by atoms with Crippen LogP contribution in [-0.4, -0.2) is 33.5 Å². The first-order valence-corrected chi connectivity index (χ1v) is 6.27. The summed E-state index contributed by atoms with van der Waals surface area (Å²) in [6.45, 7) is 11.1. The van der Waals surface area contributed by atoms with Crippen LogP contribution in [0.5, 0.6) is 0 Å². The minimum absolute atomic E-state index is 0.000660. The molecule has 2 N–H and O–H groups in total. The van der Waals surface area contributed by atoms with Crippen LogP contribution in [0.1, 0.15) is 40.3 Å². The van der Waals surface area contributed by atoms with Crippen molar-refractivity contribution >= 4 is 5.91 Å². The molecule has 0 fully saturated rings. The molecule has 1 rings (SSSR count). The Hall–Kier alpha value is -1.43. The van der Waals surface area contributed by atoms with Gasteiger partial charge in [-0.15, -0.1) is 5.10 Å². The Balaban J connectivity index is 2.49. The van der Waals surface area contributed by atoms with Crippen LogP contribution in [0.4, 0.5) is 0 Å². The minimum Gasteiger partial charge on any atom is -0.355 e. The Morgan fingerprint density at radius 2 is 2.17 bits per heavy atom. The minimum atomic E-state index is -0.232. The summed E-state index contributed by atoms with van der Waals surface area (Å²) >= 11 is 0. The van der Waals surface area contributed by atoms with Gasteiger partial charge in [0.15, 0.2) is 0 Å². The van der Waals surface area contributed by atoms with Gasteiger partial charge in [-0.2, -0.15) is 0 Å². The second-order valence-corrected chi connectivity index (χ2v) is 5.32. The first-order chi connectivity index (χ1) is 8.34. The van der Waals surface area contributed by atoms with E-state index >= 15 is 0 Å². The normalized spacial score (nSPS) is 13.4. The molecule has 0 bridgehead atoms. The molecule has 1 unspecified atom stereocenters. The number of carbonyl (C=O) groups excluding carboxylic acids is 1. The van der Waals surface area contributed by atoms with Gasteiger partial charge in [0.05, 0.1) is 23.5 Å². The fourth-order valence-corrected chi connectivity index (χ4v) is 1.38. The number of hydrogen-bond acceptors (Lipinski definition) is 4. The largest absolute Gasteiger partial charge is 0.355 e. The molecule has 1 atom stereocenters. The molecule has 0 aliphatic carbocycles. The second kappa shape index (κ2) is 5.95.